The quantitative estimate of drug-likeness (QED) is 0.252. The molecule has 0 saturated heterocycles. The first-order valence-electron chi connectivity index (χ1n) is 15.2. The molecule has 9 nitrogen and oxygen atoms in total. The van der Waals surface area contributed by atoms with E-state index in [2.05, 4.69) is 16.0 Å². The lowest BCUT2D eigenvalue weighted by Gasteiger charge is -2.28. The molecule has 0 spiro atoms. The minimum Gasteiger partial charge on any atom is -0.497 e. The highest BCUT2D eigenvalue weighted by molar-refractivity contribution is 6.00. The Hall–Kier alpha value is -4.21. The number of aliphatic hydroxyl groups is 1. The zero-order valence-corrected chi connectivity index (χ0v) is 26.2. The second-order valence-corrected chi connectivity index (χ2v) is 11.7. The number of nitrogens with zero attached hydrogens (tertiary/aromatic N) is 1. The average Bonchev–Trinajstić information content (AvgIpc) is 3.12. The van der Waals surface area contributed by atoms with Crippen molar-refractivity contribution in [1.82, 2.24) is 20.9 Å². The van der Waals surface area contributed by atoms with Gasteiger partial charge in [0.05, 0.1) is 19.3 Å². The number of fused-ring (bicyclic) bond motifs is 1. The molecule has 9 heteroatoms. The van der Waals surface area contributed by atoms with Gasteiger partial charge in [-0.3, -0.25) is 14.4 Å². The summed E-state index contributed by atoms with van der Waals surface area (Å²) in [5.74, 6) is 0.0795. The highest BCUT2D eigenvalue weighted by atomic mass is 16.5. The summed E-state index contributed by atoms with van der Waals surface area (Å²) in [6, 6.07) is 19.8. The van der Waals surface area contributed by atoms with Gasteiger partial charge in [-0.25, -0.2) is 0 Å². The Kier molecular flexibility index (Phi) is 11.1. The second-order valence-electron chi connectivity index (χ2n) is 11.7. The molecule has 1 aliphatic heterocycles. The fraction of sp³-hybridized carbons (Fsp3) is 0.400. The molecule has 0 fully saturated rings. The molecule has 0 radical (unpaired) electrons. The zero-order chi connectivity index (χ0) is 31.8. The van der Waals surface area contributed by atoms with Gasteiger partial charge in [0.1, 0.15) is 11.8 Å². The van der Waals surface area contributed by atoms with E-state index in [0.717, 1.165) is 27.8 Å². The molecule has 4 N–H and O–H groups in total. The number of aliphatic hydroxyl groups excluding tert-OH is 1. The fourth-order valence-corrected chi connectivity index (χ4v) is 5.52. The van der Waals surface area contributed by atoms with Gasteiger partial charge in [-0.15, -0.1) is 0 Å². The van der Waals surface area contributed by atoms with E-state index < -0.39 is 18.2 Å². The van der Waals surface area contributed by atoms with Gasteiger partial charge in [0, 0.05) is 38.2 Å². The minimum absolute atomic E-state index is 0.0465. The Labute approximate surface area is 260 Å². The van der Waals surface area contributed by atoms with E-state index in [1.807, 2.05) is 87.5 Å². The van der Waals surface area contributed by atoms with Gasteiger partial charge < -0.3 is 30.7 Å². The maximum atomic E-state index is 14.0. The number of carbonyl (C=O) groups is 3. The van der Waals surface area contributed by atoms with Gasteiger partial charge in [0.2, 0.25) is 11.8 Å². The topological polar surface area (TPSA) is 120 Å². The number of amides is 3. The van der Waals surface area contributed by atoms with Crippen molar-refractivity contribution in [3.63, 3.8) is 0 Å². The summed E-state index contributed by atoms with van der Waals surface area (Å²) in [6.07, 6.45) is -0.267. The lowest BCUT2D eigenvalue weighted by Crippen LogP contribution is -2.55. The monoisotopic (exact) mass is 600 g/mol. The lowest BCUT2D eigenvalue weighted by molar-refractivity contribution is -0.137. The van der Waals surface area contributed by atoms with E-state index >= 15 is 0 Å². The normalized spacial score (nSPS) is 16.1. The highest BCUT2D eigenvalue weighted by Crippen LogP contribution is 2.28. The molecule has 3 aromatic rings. The molecule has 3 atom stereocenters. The molecular weight excluding hydrogens is 556 g/mol. The van der Waals surface area contributed by atoms with E-state index in [4.69, 9.17) is 4.74 Å². The Morgan fingerprint density at radius 2 is 1.75 bits per heavy atom. The van der Waals surface area contributed by atoms with Crippen molar-refractivity contribution in [1.29, 1.82) is 0 Å². The van der Waals surface area contributed by atoms with Crippen LogP contribution in [0.2, 0.25) is 0 Å². The summed E-state index contributed by atoms with van der Waals surface area (Å²) in [7, 11) is 1.61. The van der Waals surface area contributed by atoms with Crippen molar-refractivity contribution in [3.8, 4) is 16.9 Å². The van der Waals surface area contributed by atoms with Crippen LogP contribution in [0.15, 0.2) is 66.7 Å². The van der Waals surface area contributed by atoms with Gasteiger partial charge >= 0.3 is 0 Å². The van der Waals surface area contributed by atoms with Crippen LogP contribution in [0.4, 0.5) is 0 Å². The molecule has 1 unspecified atom stereocenters. The SMILES string of the molecule is CCNC(=O)c1ccccc1-c1ccc(CN2Cc3ccc(OC)cc3C[C@@H](NC(=O)C(NC[C@@H](C)O)C(C)C)C2=O)cc1. The maximum absolute atomic E-state index is 14.0. The molecular formula is C35H44N4O5. The molecule has 44 heavy (non-hydrogen) atoms. The van der Waals surface area contributed by atoms with Gasteiger partial charge in [0.25, 0.3) is 5.91 Å². The molecule has 1 aliphatic rings. The molecule has 0 saturated carbocycles. The van der Waals surface area contributed by atoms with Crippen LogP contribution < -0.4 is 20.7 Å². The third kappa shape index (κ3) is 8.03. The van der Waals surface area contributed by atoms with E-state index in [1.54, 1.807) is 18.9 Å². The fourth-order valence-electron chi connectivity index (χ4n) is 5.52. The number of nitrogens with one attached hydrogen (secondary N) is 3. The van der Waals surface area contributed by atoms with E-state index in [9.17, 15) is 19.5 Å². The zero-order valence-electron chi connectivity index (χ0n) is 26.2. The first-order chi connectivity index (χ1) is 21.1. The van der Waals surface area contributed by atoms with Crippen LogP contribution >= 0.6 is 0 Å². The molecule has 0 bridgehead atoms. The Balaban J connectivity index is 1.59. The molecule has 0 aliphatic carbocycles. The molecule has 234 valence electrons. The van der Waals surface area contributed by atoms with Gasteiger partial charge in [-0.2, -0.15) is 0 Å². The first kappa shape index (κ1) is 32.7. The van der Waals surface area contributed by atoms with Crippen LogP contribution in [0.3, 0.4) is 0 Å². The molecule has 4 rings (SSSR count). The van der Waals surface area contributed by atoms with Gasteiger partial charge in [-0.1, -0.05) is 62.4 Å². The number of hydrogen-bond acceptors (Lipinski definition) is 6. The Bertz CT molecular complexity index is 1450. The van der Waals surface area contributed by atoms with Crippen molar-refractivity contribution in [2.24, 2.45) is 5.92 Å². The van der Waals surface area contributed by atoms with Gasteiger partial charge in [0.15, 0.2) is 0 Å². The van der Waals surface area contributed by atoms with Crippen LogP contribution in [0.25, 0.3) is 11.1 Å². The van der Waals surface area contributed by atoms with Crippen molar-refractivity contribution < 1.29 is 24.2 Å². The molecule has 3 amide bonds. The number of rotatable bonds is 12. The van der Waals surface area contributed by atoms with Gasteiger partial charge in [-0.05, 0) is 65.8 Å². The first-order valence-corrected chi connectivity index (χ1v) is 15.2. The van der Waals surface area contributed by atoms with Crippen LogP contribution in [0, 0.1) is 5.92 Å². The van der Waals surface area contributed by atoms with Crippen LogP contribution in [0.5, 0.6) is 5.75 Å². The predicted molar refractivity (Wildman–Crippen MR) is 171 cm³/mol. The highest BCUT2D eigenvalue weighted by Gasteiger charge is 2.33. The summed E-state index contributed by atoms with van der Waals surface area (Å²) in [5.41, 5.74) is 5.23. The molecule has 3 aromatic carbocycles. The number of ether oxygens (including phenoxy) is 1. The standard InChI is InChI=1S/C35H44N4O5/c1-6-36-33(41)30-10-8-7-9-29(30)25-13-11-24(12-14-25)20-39-21-26-15-16-28(44-5)17-27(26)18-31(35(39)43)38-34(42)32(22(2)3)37-19-23(4)40/h7-17,22-23,31-32,37,40H,6,18-21H2,1-5H3,(H,36,41)(H,38,42)/t23-,31-,32?/m1/s1. The summed E-state index contributed by atoms with van der Waals surface area (Å²) in [6.45, 7) is 8.96. The number of hydrogen-bond donors (Lipinski definition) is 4. The summed E-state index contributed by atoms with van der Waals surface area (Å²) in [5, 5.41) is 18.8. The maximum Gasteiger partial charge on any atom is 0.251 e. The third-order valence-electron chi connectivity index (χ3n) is 7.85. The van der Waals surface area contributed by atoms with Crippen LogP contribution in [-0.2, 0) is 29.1 Å². The summed E-state index contributed by atoms with van der Waals surface area (Å²) < 4.78 is 5.45. The van der Waals surface area contributed by atoms with Crippen molar-refractivity contribution in [2.45, 2.75) is 65.4 Å². The summed E-state index contributed by atoms with van der Waals surface area (Å²) in [4.78, 5) is 41.8. The molecule has 0 aromatic heterocycles. The van der Waals surface area contributed by atoms with E-state index in [1.165, 1.54) is 0 Å². The number of methoxy groups -OCH3 is 1. The van der Waals surface area contributed by atoms with E-state index in [-0.39, 0.29) is 30.2 Å². The van der Waals surface area contributed by atoms with Crippen molar-refractivity contribution in [2.75, 3.05) is 20.2 Å². The second kappa shape index (κ2) is 15.0. The predicted octanol–water partition coefficient (Wildman–Crippen LogP) is 3.68. The third-order valence-corrected chi connectivity index (χ3v) is 7.85. The summed E-state index contributed by atoms with van der Waals surface area (Å²) >= 11 is 0. The average molecular weight is 601 g/mol. The Morgan fingerprint density at radius 3 is 2.41 bits per heavy atom. The number of benzene rings is 3. The van der Waals surface area contributed by atoms with Crippen molar-refractivity contribution in [3.05, 3.63) is 89.0 Å². The lowest BCUT2D eigenvalue weighted by atomic mass is 9.98. The van der Waals surface area contributed by atoms with Crippen LogP contribution in [-0.4, -0.2) is 66.1 Å². The van der Waals surface area contributed by atoms with Crippen LogP contribution in [0.1, 0.15) is 54.7 Å². The minimum atomic E-state index is -0.770. The molecule has 1 heterocycles. The largest absolute Gasteiger partial charge is 0.497 e. The van der Waals surface area contributed by atoms with E-state index in [0.29, 0.717) is 37.4 Å². The Morgan fingerprint density at radius 1 is 1.02 bits per heavy atom. The number of carbonyl (C=O) groups excluding carboxylic acids is 3. The smallest absolute Gasteiger partial charge is 0.251 e. The van der Waals surface area contributed by atoms with Crippen molar-refractivity contribution >= 4 is 17.7 Å².